The lowest BCUT2D eigenvalue weighted by Crippen LogP contribution is -2.43. The summed E-state index contributed by atoms with van der Waals surface area (Å²) in [7, 11) is 0. The molecule has 118 valence electrons. The standard InChI is InChI=1S/C19H25NO2/c1-15-6-2-3-9-17(15)14-22-18-10-12-20(13-11-18)19(21)16-7-4-5-8-16/h2-6,9,16,18H,7-8,10-14H2,1H3. The summed E-state index contributed by atoms with van der Waals surface area (Å²) in [6.07, 6.45) is 8.28. The van der Waals surface area contributed by atoms with Crippen LogP contribution in [0.5, 0.6) is 0 Å². The zero-order valence-corrected chi connectivity index (χ0v) is 13.3. The van der Waals surface area contributed by atoms with Gasteiger partial charge in [0.15, 0.2) is 0 Å². The van der Waals surface area contributed by atoms with E-state index < -0.39 is 0 Å². The van der Waals surface area contributed by atoms with Gasteiger partial charge in [0, 0.05) is 19.0 Å². The highest BCUT2D eigenvalue weighted by atomic mass is 16.5. The first-order valence-electron chi connectivity index (χ1n) is 8.34. The largest absolute Gasteiger partial charge is 0.373 e. The van der Waals surface area contributed by atoms with Crippen molar-refractivity contribution >= 4 is 5.91 Å². The normalized spacial score (nSPS) is 19.8. The van der Waals surface area contributed by atoms with E-state index in [1.165, 1.54) is 11.1 Å². The van der Waals surface area contributed by atoms with Crippen molar-refractivity contribution in [3.63, 3.8) is 0 Å². The molecule has 1 heterocycles. The average molecular weight is 299 g/mol. The number of piperidine rings is 1. The number of aryl methyl sites for hydroxylation is 1. The van der Waals surface area contributed by atoms with Gasteiger partial charge in [-0.05, 0) is 43.7 Å². The van der Waals surface area contributed by atoms with Gasteiger partial charge in [-0.25, -0.2) is 0 Å². The fourth-order valence-electron chi connectivity index (χ4n) is 3.30. The van der Waals surface area contributed by atoms with E-state index in [1.807, 2.05) is 4.90 Å². The van der Waals surface area contributed by atoms with E-state index in [9.17, 15) is 4.79 Å². The van der Waals surface area contributed by atoms with Crippen LogP contribution in [0.15, 0.2) is 36.4 Å². The summed E-state index contributed by atoms with van der Waals surface area (Å²) < 4.78 is 6.05. The fraction of sp³-hybridized carbons (Fsp3) is 0.526. The predicted molar refractivity (Wildman–Crippen MR) is 87.4 cm³/mol. The predicted octanol–water partition coefficient (Wildman–Crippen LogP) is 3.47. The highest BCUT2D eigenvalue weighted by Gasteiger charge is 2.28. The number of hydrogen-bond donors (Lipinski definition) is 0. The number of ether oxygens (including phenoxy) is 1. The molecule has 22 heavy (non-hydrogen) atoms. The van der Waals surface area contributed by atoms with Crippen LogP contribution in [0.2, 0.25) is 0 Å². The molecule has 1 amide bonds. The molecule has 1 fully saturated rings. The highest BCUT2D eigenvalue weighted by Crippen LogP contribution is 2.23. The number of nitrogens with zero attached hydrogens (tertiary/aromatic N) is 1. The summed E-state index contributed by atoms with van der Waals surface area (Å²) >= 11 is 0. The number of carbonyl (C=O) groups is 1. The van der Waals surface area contributed by atoms with E-state index in [-0.39, 0.29) is 12.0 Å². The molecule has 3 rings (SSSR count). The molecule has 0 atom stereocenters. The Morgan fingerprint density at radius 3 is 2.55 bits per heavy atom. The van der Waals surface area contributed by atoms with Crippen LogP contribution in [-0.4, -0.2) is 30.0 Å². The summed E-state index contributed by atoms with van der Waals surface area (Å²) in [5.41, 5.74) is 2.54. The lowest BCUT2D eigenvalue weighted by Gasteiger charge is -2.33. The number of likely N-dealkylation sites (tertiary alicyclic amines) is 1. The molecule has 0 N–H and O–H groups in total. The zero-order valence-electron chi connectivity index (χ0n) is 13.3. The number of amides is 1. The molecular formula is C19H25NO2. The molecular weight excluding hydrogens is 274 g/mol. The van der Waals surface area contributed by atoms with Crippen LogP contribution >= 0.6 is 0 Å². The van der Waals surface area contributed by atoms with Crippen molar-refractivity contribution in [3.05, 3.63) is 47.5 Å². The molecule has 0 spiro atoms. The summed E-state index contributed by atoms with van der Waals surface area (Å²) in [5.74, 6) is 0.534. The van der Waals surface area contributed by atoms with Crippen molar-refractivity contribution in [1.29, 1.82) is 0 Å². The van der Waals surface area contributed by atoms with E-state index in [0.717, 1.165) is 38.8 Å². The monoisotopic (exact) mass is 299 g/mol. The average Bonchev–Trinajstić information content (AvgIpc) is 3.08. The minimum absolute atomic E-state index is 0.199. The highest BCUT2D eigenvalue weighted by molar-refractivity contribution is 5.79. The van der Waals surface area contributed by atoms with Gasteiger partial charge < -0.3 is 9.64 Å². The van der Waals surface area contributed by atoms with Crippen LogP contribution in [0.25, 0.3) is 0 Å². The summed E-state index contributed by atoms with van der Waals surface area (Å²) in [4.78, 5) is 14.4. The Labute approximate surface area is 133 Å². The zero-order chi connectivity index (χ0) is 15.4. The molecule has 0 aromatic heterocycles. The minimum atomic E-state index is 0.199. The lowest BCUT2D eigenvalue weighted by molar-refractivity contribution is -0.138. The van der Waals surface area contributed by atoms with Crippen molar-refractivity contribution in [2.45, 2.75) is 45.3 Å². The second-order valence-corrected chi connectivity index (χ2v) is 6.40. The number of carbonyl (C=O) groups excluding carboxylic acids is 1. The number of rotatable bonds is 4. The Kier molecular flexibility index (Phi) is 4.94. The molecule has 3 heteroatoms. The van der Waals surface area contributed by atoms with Gasteiger partial charge in [-0.15, -0.1) is 0 Å². The van der Waals surface area contributed by atoms with Gasteiger partial charge in [0.1, 0.15) is 0 Å². The van der Waals surface area contributed by atoms with E-state index in [4.69, 9.17) is 4.74 Å². The van der Waals surface area contributed by atoms with Crippen molar-refractivity contribution in [1.82, 2.24) is 4.90 Å². The Bertz CT molecular complexity index is 536. The smallest absolute Gasteiger partial charge is 0.226 e. The molecule has 1 aliphatic heterocycles. The summed E-state index contributed by atoms with van der Waals surface area (Å²) in [5, 5.41) is 0. The molecule has 0 radical (unpaired) electrons. The Morgan fingerprint density at radius 2 is 1.86 bits per heavy atom. The number of hydrogen-bond acceptors (Lipinski definition) is 2. The van der Waals surface area contributed by atoms with Crippen molar-refractivity contribution in [2.75, 3.05) is 13.1 Å². The fourth-order valence-corrected chi connectivity index (χ4v) is 3.30. The molecule has 3 nitrogen and oxygen atoms in total. The third-order valence-corrected chi connectivity index (χ3v) is 4.85. The van der Waals surface area contributed by atoms with Crippen LogP contribution in [0.4, 0.5) is 0 Å². The van der Waals surface area contributed by atoms with Gasteiger partial charge in [0.05, 0.1) is 12.7 Å². The third-order valence-electron chi connectivity index (χ3n) is 4.85. The second kappa shape index (κ2) is 7.10. The molecule has 0 saturated carbocycles. The second-order valence-electron chi connectivity index (χ2n) is 6.40. The molecule has 1 aliphatic carbocycles. The van der Waals surface area contributed by atoms with E-state index in [2.05, 4.69) is 43.3 Å². The van der Waals surface area contributed by atoms with Crippen LogP contribution < -0.4 is 0 Å². The van der Waals surface area contributed by atoms with Crippen molar-refractivity contribution in [2.24, 2.45) is 5.92 Å². The van der Waals surface area contributed by atoms with Gasteiger partial charge in [0.25, 0.3) is 0 Å². The molecule has 1 aromatic carbocycles. The Hall–Kier alpha value is -1.61. The van der Waals surface area contributed by atoms with Crippen LogP contribution in [0, 0.1) is 12.8 Å². The molecule has 0 bridgehead atoms. The van der Waals surface area contributed by atoms with E-state index in [0.29, 0.717) is 12.5 Å². The maximum atomic E-state index is 12.4. The lowest BCUT2D eigenvalue weighted by atomic mass is 10.0. The van der Waals surface area contributed by atoms with Gasteiger partial charge in [-0.1, -0.05) is 36.4 Å². The summed E-state index contributed by atoms with van der Waals surface area (Å²) in [6.45, 7) is 4.48. The van der Waals surface area contributed by atoms with Crippen molar-refractivity contribution in [3.8, 4) is 0 Å². The Morgan fingerprint density at radius 1 is 1.18 bits per heavy atom. The maximum Gasteiger partial charge on any atom is 0.226 e. The maximum absolute atomic E-state index is 12.4. The van der Waals surface area contributed by atoms with Gasteiger partial charge >= 0.3 is 0 Å². The van der Waals surface area contributed by atoms with Crippen LogP contribution in [-0.2, 0) is 16.1 Å². The van der Waals surface area contributed by atoms with Crippen LogP contribution in [0.3, 0.4) is 0 Å². The number of allylic oxidation sites excluding steroid dienone is 2. The molecule has 0 unspecified atom stereocenters. The quantitative estimate of drug-likeness (QED) is 0.797. The first-order chi connectivity index (χ1) is 10.7. The Balaban J connectivity index is 1.44. The topological polar surface area (TPSA) is 29.5 Å². The third kappa shape index (κ3) is 3.58. The van der Waals surface area contributed by atoms with Gasteiger partial charge in [-0.2, -0.15) is 0 Å². The van der Waals surface area contributed by atoms with Crippen molar-refractivity contribution < 1.29 is 9.53 Å². The first-order valence-corrected chi connectivity index (χ1v) is 8.34. The first kappa shape index (κ1) is 15.3. The number of benzene rings is 1. The van der Waals surface area contributed by atoms with E-state index >= 15 is 0 Å². The van der Waals surface area contributed by atoms with Gasteiger partial charge in [-0.3, -0.25) is 4.79 Å². The summed E-state index contributed by atoms with van der Waals surface area (Å²) in [6, 6.07) is 8.36. The minimum Gasteiger partial charge on any atom is -0.373 e. The molecule has 2 aliphatic rings. The van der Waals surface area contributed by atoms with Gasteiger partial charge in [0.2, 0.25) is 5.91 Å². The molecule has 1 aromatic rings. The van der Waals surface area contributed by atoms with Crippen LogP contribution in [0.1, 0.15) is 36.8 Å². The molecule has 1 saturated heterocycles. The van der Waals surface area contributed by atoms with E-state index in [1.54, 1.807) is 0 Å². The SMILES string of the molecule is Cc1ccccc1COC1CCN(C(=O)C2CC=CC2)CC1.